The lowest BCUT2D eigenvalue weighted by atomic mass is 9.91. The molecule has 0 saturated carbocycles. The molecule has 3 nitrogen and oxygen atoms in total. The van der Waals surface area contributed by atoms with Crippen LogP contribution in [0.3, 0.4) is 0 Å². The Morgan fingerprint density at radius 3 is 2.74 bits per heavy atom. The minimum Gasteiger partial charge on any atom is -0.388 e. The van der Waals surface area contributed by atoms with Crippen molar-refractivity contribution in [1.82, 2.24) is 4.98 Å². The van der Waals surface area contributed by atoms with Gasteiger partial charge in [-0.15, -0.1) is 0 Å². The van der Waals surface area contributed by atoms with E-state index >= 15 is 0 Å². The van der Waals surface area contributed by atoms with Crippen molar-refractivity contribution in [3.63, 3.8) is 0 Å². The number of hydrogen-bond acceptors (Lipinski definition) is 3. The van der Waals surface area contributed by atoms with Gasteiger partial charge in [-0.05, 0) is 43.7 Å². The maximum atomic E-state index is 10.4. The van der Waals surface area contributed by atoms with Gasteiger partial charge in [0.1, 0.15) is 0 Å². The summed E-state index contributed by atoms with van der Waals surface area (Å²) < 4.78 is 0. The summed E-state index contributed by atoms with van der Waals surface area (Å²) in [4.78, 5) is 4.47. The molecule has 0 radical (unpaired) electrons. The van der Waals surface area contributed by atoms with Crippen LogP contribution in [0, 0.1) is 12.8 Å². The molecule has 0 aliphatic rings. The highest BCUT2D eigenvalue weighted by atomic mass is 16.3. The van der Waals surface area contributed by atoms with Crippen LogP contribution in [0.15, 0.2) is 30.3 Å². The maximum absolute atomic E-state index is 10.4. The van der Waals surface area contributed by atoms with Gasteiger partial charge in [0.15, 0.2) is 0 Å². The molecule has 2 atom stereocenters. The van der Waals surface area contributed by atoms with Crippen molar-refractivity contribution >= 4 is 10.9 Å². The minimum atomic E-state index is -0.490. The predicted octanol–water partition coefficient (Wildman–Crippen LogP) is 2.95. The van der Waals surface area contributed by atoms with Crippen molar-refractivity contribution in [2.75, 3.05) is 6.54 Å². The fourth-order valence-electron chi connectivity index (χ4n) is 2.48. The Morgan fingerprint density at radius 2 is 2.05 bits per heavy atom. The number of aliphatic hydroxyl groups excluding tert-OH is 1. The van der Waals surface area contributed by atoms with Gasteiger partial charge in [-0.2, -0.15) is 0 Å². The molecule has 3 N–H and O–H groups in total. The molecule has 0 aliphatic heterocycles. The number of nitrogens with zero attached hydrogens (tertiary/aromatic N) is 1. The molecule has 0 spiro atoms. The zero-order chi connectivity index (χ0) is 13.8. The first-order valence-corrected chi connectivity index (χ1v) is 6.91. The van der Waals surface area contributed by atoms with Gasteiger partial charge < -0.3 is 10.8 Å². The third-order valence-corrected chi connectivity index (χ3v) is 3.60. The predicted molar refractivity (Wildman–Crippen MR) is 78.9 cm³/mol. The van der Waals surface area contributed by atoms with E-state index in [1.165, 1.54) is 0 Å². The van der Waals surface area contributed by atoms with E-state index in [1.54, 1.807) is 0 Å². The second-order valence-corrected chi connectivity index (χ2v) is 5.13. The van der Waals surface area contributed by atoms with Crippen molar-refractivity contribution in [3.8, 4) is 0 Å². The lowest BCUT2D eigenvalue weighted by Gasteiger charge is -2.21. The molecule has 2 unspecified atom stereocenters. The van der Waals surface area contributed by atoms with Crippen molar-refractivity contribution in [2.45, 2.75) is 32.8 Å². The van der Waals surface area contributed by atoms with Crippen LogP contribution in [0.4, 0.5) is 0 Å². The van der Waals surface area contributed by atoms with Crippen molar-refractivity contribution in [2.24, 2.45) is 11.7 Å². The molecule has 2 rings (SSSR count). The first-order valence-electron chi connectivity index (χ1n) is 6.91. The normalized spacial score (nSPS) is 14.5. The Balaban J connectivity index is 2.32. The van der Waals surface area contributed by atoms with Crippen LogP contribution >= 0.6 is 0 Å². The van der Waals surface area contributed by atoms with E-state index in [1.807, 2.05) is 37.3 Å². The number of hydrogen-bond donors (Lipinski definition) is 2. The number of rotatable bonds is 5. The average molecular weight is 258 g/mol. The first kappa shape index (κ1) is 14.0. The second-order valence-electron chi connectivity index (χ2n) is 5.13. The largest absolute Gasteiger partial charge is 0.388 e. The number of aryl methyl sites for hydroxylation is 1. The van der Waals surface area contributed by atoms with Crippen LogP contribution in [0.2, 0.25) is 0 Å². The molecule has 1 aromatic carbocycles. The number of benzene rings is 1. The van der Waals surface area contributed by atoms with Gasteiger partial charge in [0.25, 0.3) is 0 Å². The zero-order valence-corrected chi connectivity index (χ0v) is 11.6. The van der Waals surface area contributed by atoms with Crippen molar-refractivity contribution in [1.29, 1.82) is 0 Å². The lowest BCUT2D eigenvalue weighted by Crippen LogP contribution is -2.21. The third-order valence-electron chi connectivity index (χ3n) is 3.60. The Bertz CT molecular complexity index is 553. The molecule has 0 fully saturated rings. The van der Waals surface area contributed by atoms with E-state index in [2.05, 4.69) is 11.9 Å². The van der Waals surface area contributed by atoms with Crippen LogP contribution in [0.5, 0.6) is 0 Å². The van der Waals surface area contributed by atoms with E-state index in [4.69, 9.17) is 5.73 Å². The monoisotopic (exact) mass is 258 g/mol. The van der Waals surface area contributed by atoms with Gasteiger partial charge >= 0.3 is 0 Å². The summed E-state index contributed by atoms with van der Waals surface area (Å²) >= 11 is 0. The first-order chi connectivity index (χ1) is 9.15. The third kappa shape index (κ3) is 3.11. The lowest BCUT2D eigenvalue weighted by molar-refractivity contribution is 0.107. The Kier molecular flexibility index (Phi) is 4.51. The highest BCUT2D eigenvalue weighted by Gasteiger charge is 2.19. The molecule has 0 aliphatic carbocycles. The number of pyridine rings is 1. The number of fused-ring (bicyclic) bond motifs is 1. The van der Waals surface area contributed by atoms with Crippen molar-refractivity contribution < 1.29 is 5.11 Å². The standard InChI is InChI=1S/C16H22N2O/c1-3-4-14(10-17)16(19)13-7-8-15-12(9-13)6-5-11(2)18-15/h5-9,14,16,19H,3-4,10,17H2,1-2H3. The molecule has 0 amide bonds. The molecule has 1 heterocycles. The zero-order valence-electron chi connectivity index (χ0n) is 11.6. The summed E-state index contributed by atoms with van der Waals surface area (Å²) in [5.74, 6) is 0.126. The van der Waals surface area contributed by atoms with E-state index in [0.717, 1.165) is 35.0 Å². The number of aliphatic hydroxyl groups is 1. The molecule has 2 aromatic rings. The molecular weight excluding hydrogens is 236 g/mol. The molecule has 0 saturated heterocycles. The topological polar surface area (TPSA) is 59.1 Å². The molecule has 19 heavy (non-hydrogen) atoms. The fraction of sp³-hybridized carbons (Fsp3) is 0.438. The van der Waals surface area contributed by atoms with E-state index in [0.29, 0.717) is 6.54 Å². The van der Waals surface area contributed by atoms with Gasteiger partial charge in [-0.25, -0.2) is 0 Å². The van der Waals surface area contributed by atoms with Crippen LogP contribution < -0.4 is 5.73 Å². The van der Waals surface area contributed by atoms with Crippen LogP contribution in [-0.4, -0.2) is 16.6 Å². The van der Waals surface area contributed by atoms with E-state index in [-0.39, 0.29) is 5.92 Å². The van der Waals surface area contributed by atoms with Gasteiger partial charge in [-0.1, -0.05) is 25.5 Å². The van der Waals surface area contributed by atoms with Crippen LogP contribution in [0.25, 0.3) is 10.9 Å². The van der Waals surface area contributed by atoms with Crippen LogP contribution in [0.1, 0.15) is 37.1 Å². The van der Waals surface area contributed by atoms with Crippen LogP contribution in [-0.2, 0) is 0 Å². The summed E-state index contributed by atoms with van der Waals surface area (Å²) in [6, 6.07) is 9.99. The van der Waals surface area contributed by atoms with E-state index in [9.17, 15) is 5.11 Å². The molecule has 0 bridgehead atoms. The summed E-state index contributed by atoms with van der Waals surface area (Å²) in [6.07, 6.45) is 1.49. The van der Waals surface area contributed by atoms with Gasteiger partial charge in [0.2, 0.25) is 0 Å². The Labute approximate surface area is 114 Å². The molecule has 102 valence electrons. The maximum Gasteiger partial charge on any atom is 0.0830 e. The average Bonchev–Trinajstić information content (AvgIpc) is 2.43. The number of nitrogens with two attached hydrogens (primary N) is 1. The fourth-order valence-corrected chi connectivity index (χ4v) is 2.48. The van der Waals surface area contributed by atoms with Gasteiger partial charge in [0.05, 0.1) is 11.6 Å². The molecule has 3 heteroatoms. The quantitative estimate of drug-likeness (QED) is 0.867. The van der Waals surface area contributed by atoms with Gasteiger partial charge in [-0.3, -0.25) is 4.98 Å². The molecular formula is C16H22N2O. The summed E-state index contributed by atoms with van der Waals surface area (Å²) in [7, 11) is 0. The number of aromatic nitrogens is 1. The summed E-state index contributed by atoms with van der Waals surface area (Å²) in [5.41, 5.74) is 8.66. The molecule has 1 aromatic heterocycles. The van der Waals surface area contributed by atoms with Gasteiger partial charge in [0, 0.05) is 17.0 Å². The Hall–Kier alpha value is -1.45. The smallest absolute Gasteiger partial charge is 0.0830 e. The summed E-state index contributed by atoms with van der Waals surface area (Å²) in [6.45, 7) is 4.61. The minimum absolute atomic E-state index is 0.126. The second kappa shape index (κ2) is 6.13. The van der Waals surface area contributed by atoms with Crippen molar-refractivity contribution in [3.05, 3.63) is 41.6 Å². The van der Waals surface area contributed by atoms with E-state index < -0.39 is 6.10 Å². The highest BCUT2D eigenvalue weighted by Crippen LogP contribution is 2.27. The SMILES string of the molecule is CCCC(CN)C(O)c1ccc2nc(C)ccc2c1. The summed E-state index contributed by atoms with van der Waals surface area (Å²) in [5, 5.41) is 11.5. The highest BCUT2D eigenvalue weighted by molar-refractivity contribution is 5.79. The Morgan fingerprint density at radius 1 is 1.26 bits per heavy atom.